The number of hydrogen-bond acceptors (Lipinski definition) is 4. The highest BCUT2D eigenvalue weighted by Crippen LogP contribution is 2.15. The van der Waals surface area contributed by atoms with E-state index in [2.05, 4.69) is 32.9 Å². The minimum Gasteiger partial charge on any atom is -0.321 e. The number of para-hydroxylation sites is 1. The molecule has 0 saturated heterocycles. The smallest absolute Gasteiger partial charge is 0.321 e. The summed E-state index contributed by atoms with van der Waals surface area (Å²) in [5, 5.41) is 17.4. The van der Waals surface area contributed by atoms with Crippen LogP contribution in [0.25, 0.3) is 0 Å². The molecule has 0 heterocycles. The second-order valence-corrected chi connectivity index (χ2v) is 5.74. The zero-order chi connectivity index (χ0) is 18.8. The number of nitrogens with two attached hydrogens (primary N) is 1. The van der Waals surface area contributed by atoms with Crippen LogP contribution in [0.4, 0.5) is 16.2 Å². The quantitative estimate of drug-likeness (QED) is 0.178. The molecule has 0 spiro atoms. The molecule has 0 aliphatic heterocycles. The van der Waals surface area contributed by atoms with E-state index in [1.54, 1.807) is 24.3 Å². The van der Waals surface area contributed by atoms with Crippen LogP contribution < -0.4 is 16.5 Å². The number of nitrogens with zero attached hydrogens (tertiary/aromatic N) is 3. The number of hydrazone groups is 1. The van der Waals surface area contributed by atoms with Crippen molar-refractivity contribution < 1.29 is 4.79 Å². The Morgan fingerprint density at radius 2 is 1.81 bits per heavy atom. The molecule has 0 radical (unpaired) electrons. The van der Waals surface area contributed by atoms with Crippen LogP contribution in [0.15, 0.2) is 63.9 Å². The highest BCUT2D eigenvalue weighted by atomic mass is 16.2. The molecule has 0 fully saturated rings. The van der Waals surface area contributed by atoms with Crippen LogP contribution in [0.5, 0.6) is 0 Å². The van der Waals surface area contributed by atoms with Crippen LogP contribution in [0.2, 0.25) is 0 Å². The number of benzene rings is 2. The van der Waals surface area contributed by atoms with Crippen molar-refractivity contribution in [3.63, 3.8) is 0 Å². The fourth-order valence-corrected chi connectivity index (χ4v) is 2.20. The number of unbranched alkanes of at least 4 members (excludes halogenated alkanes) is 1. The normalized spacial score (nSPS) is 11.5. The zero-order valence-electron chi connectivity index (χ0n) is 15.1. The van der Waals surface area contributed by atoms with Crippen molar-refractivity contribution in [3.05, 3.63) is 59.7 Å². The Bertz CT molecular complexity index is 783. The van der Waals surface area contributed by atoms with E-state index in [4.69, 9.17) is 5.84 Å². The third-order valence-electron chi connectivity index (χ3n) is 3.69. The van der Waals surface area contributed by atoms with Crippen LogP contribution in [0.3, 0.4) is 0 Å². The van der Waals surface area contributed by atoms with Gasteiger partial charge in [0.05, 0.1) is 6.54 Å². The van der Waals surface area contributed by atoms with E-state index in [0.29, 0.717) is 18.1 Å². The van der Waals surface area contributed by atoms with Gasteiger partial charge in [0.15, 0.2) is 5.84 Å². The predicted molar refractivity (Wildman–Crippen MR) is 106 cm³/mol. The lowest BCUT2D eigenvalue weighted by atomic mass is 10.2. The molecule has 7 nitrogen and oxygen atoms in total. The van der Waals surface area contributed by atoms with E-state index in [0.717, 1.165) is 29.7 Å². The molecule has 136 valence electrons. The Hall–Kier alpha value is -3.22. The van der Waals surface area contributed by atoms with Crippen molar-refractivity contribution in [3.8, 4) is 0 Å². The Kier molecular flexibility index (Phi) is 7.30. The number of nitrogens with one attached hydrogen (secondary N) is 2. The maximum absolute atomic E-state index is 12.1. The molecule has 4 N–H and O–H groups in total. The van der Waals surface area contributed by atoms with Crippen LogP contribution in [-0.2, 0) is 0 Å². The molecule has 0 atom stereocenters. The molecule has 2 amide bonds. The van der Waals surface area contributed by atoms with Crippen molar-refractivity contribution >= 4 is 23.2 Å². The molecule has 0 saturated carbocycles. The van der Waals surface area contributed by atoms with Gasteiger partial charge in [-0.15, -0.1) is 5.11 Å². The Morgan fingerprint density at radius 1 is 1.08 bits per heavy atom. The predicted octanol–water partition coefficient (Wildman–Crippen LogP) is 4.51. The monoisotopic (exact) mass is 352 g/mol. The number of hydrogen-bond donors (Lipinski definition) is 3. The lowest BCUT2D eigenvalue weighted by Gasteiger charge is -2.10. The van der Waals surface area contributed by atoms with E-state index in [9.17, 15) is 4.79 Å². The maximum Gasteiger partial charge on any atom is 0.323 e. The van der Waals surface area contributed by atoms with Gasteiger partial charge in [-0.1, -0.05) is 31.5 Å². The lowest BCUT2D eigenvalue weighted by molar-refractivity contribution is 0.262. The average Bonchev–Trinajstić information content (AvgIpc) is 2.65. The number of anilines is 2. The zero-order valence-corrected chi connectivity index (χ0v) is 15.1. The van der Waals surface area contributed by atoms with Crippen LogP contribution in [0.1, 0.15) is 30.9 Å². The summed E-state index contributed by atoms with van der Waals surface area (Å²) in [5.74, 6) is 5.75. The van der Waals surface area contributed by atoms with Crippen molar-refractivity contribution in [1.29, 1.82) is 0 Å². The van der Waals surface area contributed by atoms with Crippen LogP contribution in [0, 0.1) is 6.92 Å². The van der Waals surface area contributed by atoms with Gasteiger partial charge in [-0.25, -0.2) is 4.79 Å². The fourth-order valence-electron chi connectivity index (χ4n) is 2.20. The summed E-state index contributed by atoms with van der Waals surface area (Å²) in [6.07, 6.45) is 2.03. The number of rotatable bonds is 6. The number of aryl methyl sites for hydroxylation is 1. The molecule has 0 unspecified atom stereocenters. The van der Waals surface area contributed by atoms with Gasteiger partial charge in [0, 0.05) is 16.9 Å². The van der Waals surface area contributed by atoms with E-state index >= 15 is 0 Å². The topological polar surface area (TPSA) is 104 Å². The number of azo groups is 1. The summed E-state index contributed by atoms with van der Waals surface area (Å²) in [7, 11) is 0. The molecule has 7 heteroatoms. The molecule has 26 heavy (non-hydrogen) atoms. The van der Waals surface area contributed by atoms with Crippen LogP contribution >= 0.6 is 0 Å². The van der Waals surface area contributed by atoms with Gasteiger partial charge in [0.2, 0.25) is 0 Å². The summed E-state index contributed by atoms with van der Waals surface area (Å²) in [6, 6.07) is 14.4. The summed E-state index contributed by atoms with van der Waals surface area (Å²) in [6.45, 7) is 4.68. The molecule has 2 rings (SSSR count). The van der Waals surface area contributed by atoms with Gasteiger partial charge in [-0.05, 0) is 49.2 Å². The van der Waals surface area contributed by atoms with Gasteiger partial charge >= 0.3 is 6.03 Å². The molecule has 0 aliphatic carbocycles. The molecule has 0 aromatic heterocycles. The number of carbonyl (C=O) groups is 1. The molecule has 0 bridgehead atoms. The number of amidine groups is 1. The average molecular weight is 352 g/mol. The standard InChI is InChI=1S/C19H24N6O/c1-3-4-13-21-25-18(24-20)15-9-11-16(12-10-15)22-19(26)23-17-8-6-5-7-14(17)2/h5-12H,3-4,13,20H2,1-2H3,(H2,22,23,26). The minimum absolute atomic E-state index is 0.306. The molecular weight excluding hydrogens is 328 g/mol. The third kappa shape index (κ3) is 5.70. The van der Waals surface area contributed by atoms with Crippen molar-refractivity contribution in [2.75, 3.05) is 17.2 Å². The first kappa shape index (κ1) is 19.1. The first-order chi connectivity index (χ1) is 12.6. The van der Waals surface area contributed by atoms with Gasteiger partial charge in [0.25, 0.3) is 0 Å². The first-order valence-electron chi connectivity index (χ1n) is 8.53. The van der Waals surface area contributed by atoms with Gasteiger partial charge in [-0.3, -0.25) is 0 Å². The van der Waals surface area contributed by atoms with E-state index in [-0.39, 0.29) is 6.03 Å². The Labute approximate surface area is 153 Å². The number of amides is 2. The molecule has 2 aromatic carbocycles. The van der Waals surface area contributed by atoms with Crippen LogP contribution in [-0.4, -0.2) is 18.4 Å². The van der Waals surface area contributed by atoms with Gasteiger partial charge in [-0.2, -0.15) is 10.2 Å². The molecular formula is C19H24N6O. The Balaban J connectivity index is 1.97. The summed E-state index contributed by atoms with van der Waals surface area (Å²) in [5.41, 5.74) is 3.15. The molecule has 0 aliphatic rings. The molecule has 2 aromatic rings. The SMILES string of the molecule is CCCCN=NC(=NN)c1ccc(NC(=O)Nc2ccccc2C)cc1. The number of urea groups is 1. The van der Waals surface area contributed by atoms with E-state index < -0.39 is 0 Å². The maximum atomic E-state index is 12.1. The van der Waals surface area contributed by atoms with Crippen molar-refractivity contribution in [1.82, 2.24) is 0 Å². The summed E-state index contributed by atoms with van der Waals surface area (Å²) < 4.78 is 0. The van der Waals surface area contributed by atoms with Crippen molar-refractivity contribution in [2.45, 2.75) is 26.7 Å². The summed E-state index contributed by atoms with van der Waals surface area (Å²) in [4.78, 5) is 12.1. The fraction of sp³-hybridized carbons (Fsp3) is 0.263. The van der Waals surface area contributed by atoms with Gasteiger partial charge in [0.1, 0.15) is 0 Å². The van der Waals surface area contributed by atoms with Crippen molar-refractivity contribution in [2.24, 2.45) is 21.2 Å². The van der Waals surface area contributed by atoms with E-state index in [1.807, 2.05) is 31.2 Å². The highest BCUT2D eigenvalue weighted by Gasteiger charge is 2.06. The van der Waals surface area contributed by atoms with E-state index in [1.165, 1.54) is 0 Å². The third-order valence-corrected chi connectivity index (χ3v) is 3.69. The first-order valence-corrected chi connectivity index (χ1v) is 8.53. The second-order valence-electron chi connectivity index (χ2n) is 5.74. The lowest BCUT2D eigenvalue weighted by Crippen LogP contribution is -2.19. The summed E-state index contributed by atoms with van der Waals surface area (Å²) >= 11 is 0. The highest BCUT2D eigenvalue weighted by molar-refractivity contribution is 6.01. The van der Waals surface area contributed by atoms with Gasteiger partial charge < -0.3 is 16.5 Å². The second kappa shape index (κ2) is 9.93. The largest absolute Gasteiger partial charge is 0.323 e. The number of carbonyl (C=O) groups excluding carboxylic acids is 1. The Morgan fingerprint density at radius 3 is 2.46 bits per heavy atom. The minimum atomic E-state index is -0.306.